The van der Waals surface area contributed by atoms with E-state index >= 15 is 0 Å². The molecule has 0 unspecified atom stereocenters. The first-order valence-electron chi connectivity index (χ1n) is 8.32. The molecule has 8 heteroatoms. The van der Waals surface area contributed by atoms with Crippen LogP contribution in [0, 0.1) is 0 Å². The molecule has 0 saturated carbocycles. The van der Waals surface area contributed by atoms with Crippen molar-refractivity contribution in [1.82, 2.24) is 9.78 Å². The minimum atomic E-state index is -4.47. The van der Waals surface area contributed by atoms with Crippen molar-refractivity contribution in [3.8, 4) is 0 Å². The lowest BCUT2D eigenvalue weighted by molar-refractivity contribution is -0.155. The van der Waals surface area contributed by atoms with Gasteiger partial charge in [0.05, 0.1) is 17.5 Å². The Labute approximate surface area is 148 Å². The largest absolute Gasteiger partial charge is 0.463 e. The molecule has 0 spiro atoms. The maximum Gasteiger partial charge on any atom is 0.416 e. The van der Waals surface area contributed by atoms with Gasteiger partial charge in [0.25, 0.3) is 0 Å². The lowest BCUT2D eigenvalue weighted by Crippen LogP contribution is -2.43. The Kier molecular flexibility index (Phi) is 5.31. The number of ether oxygens (including phenoxy) is 2. The summed E-state index contributed by atoms with van der Waals surface area (Å²) in [6.45, 7) is 1.07. The third-order valence-electron chi connectivity index (χ3n) is 4.59. The second kappa shape index (κ2) is 7.49. The molecule has 26 heavy (non-hydrogen) atoms. The molecule has 0 radical (unpaired) electrons. The van der Waals surface area contributed by atoms with Crippen molar-refractivity contribution >= 4 is 5.97 Å². The molecule has 0 bridgehead atoms. The topological polar surface area (TPSA) is 53.4 Å². The Balaban J connectivity index is 1.81. The highest BCUT2D eigenvalue weighted by Crippen LogP contribution is 2.39. The number of hydrogen-bond acceptors (Lipinski definition) is 4. The van der Waals surface area contributed by atoms with E-state index in [9.17, 15) is 18.0 Å². The van der Waals surface area contributed by atoms with Crippen LogP contribution in [0.1, 0.15) is 24.0 Å². The van der Waals surface area contributed by atoms with Crippen molar-refractivity contribution in [2.24, 2.45) is 0 Å². The number of carbonyl (C=O) groups excluding carboxylic acids is 1. The van der Waals surface area contributed by atoms with Crippen LogP contribution in [-0.4, -0.2) is 35.6 Å². The zero-order chi connectivity index (χ0) is 18.6. The number of hydrogen-bond donors (Lipinski definition) is 0. The van der Waals surface area contributed by atoms with Gasteiger partial charge in [0.1, 0.15) is 6.61 Å². The fraction of sp³-hybridized carbons (Fsp3) is 0.444. The normalized spacial score (nSPS) is 17.0. The van der Waals surface area contributed by atoms with Gasteiger partial charge in [0.2, 0.25) is 0 Å². The summed E-state index contributed by atoms with van der Waals surface area (Å²) in [5, 5.41) is 4.02. The maximum atomic E-state index is 13.1. The van der Waals surface area contributed by atoms with Crippen LogP contribution in [0.5, 0.6) is 0 Å². The Hall–Kier alpha value is -2.35. The molecule has 1 aliphatic rings. The molecule has 3 rings (SSSR count). The number of esters is 1. The summed E-state index contributed by atoms with van der Waals surface area (Å²) in [5.41, 5.74) is -1.58. The molecule has 2 aromatic rings. The maximum absolute atomic E-state index is 13.1. The molecular weight excluding hydrogens is 349 g/mol. The highest BCUT2D eigenvalue weighted by Gasteiger charge is 2.44. The SMILES string of the molecule is O=C(OCCn1cccn1)C1(c2cccc(C(F)(F)F)c2)CCOCC1. The van der Waals surface area contributed by atoms with E-state index in [0.717, 1.165) is 12.1 Å². The fourth-order valence-corrected chi connectivity index (χ4v) is 3.13. The number of aromatic nitrogens is 2. The minimum absolute atomic E-state index is 0.0993. The third-order valence-corrected chi connectivity index (χ3v) is 4.59. The van der Waals surface area contributed by atoms with Gasteiger partial charge >= 0.3 is 12.1 Å². The van der Waals surface area contributed by atoms with Crippen molar-refractivity contribution in [3.63, 3.8) is 0 Å². The predicted molar refractivity (Wildman–Crippen MR) is 86.4 cm³/mol. The standard InChI is InChI=1S/C18H19F3N2O3/c19-18(20,21)15-4-1-3-14(13-15)17(5-10-25-11-6-17)16(24)26-12-9-23-8-2-7-22-23/h1-4,7-8,13H,5-6,9-12H2. The van der Waals surface area contributed by atoms with Gasteiger partial charge in [0.15, 0.2) is 0 Å². The van der Waals surface area contributed by atoms with Gasteiger partial charge in [-0.2, -0.15) is 18.3 Å². The third kappa shape index (κ3) is 3.90. The first-order valence-corrected chi connectivity index (χ1v) is 8.32. The quantitative estimate of drug-likeness (QED) is 0.761. The fourth-order valence-electron chi connectivity index (χ4n) is 3.13. The highest BCUT2D eigenvalue weighted by atomic mass is 19.4. The molecule has 0 amide bonds. The van der Waals surface area contributed by atoms with Crippen LogP contribution in [0.3, 0.4) is 0 Å². The summed E-state index contributed by atoms with van der Waals surface area (Å²) in [6, 6.07) is 6.67. The monoisotopic (exact) mass is 368 g/mol. The van der Waals surface area contributed by atoms with Crippen LogP contribution in [0.25, 0.3) is 0 Å². The zero-order valence-electron chi connectivity index (χ0n) is 14.0. The number of carbonyl (C=O) groups is 1. The van der Waals surface area contributed by atoms with Crippen molar-refractivity contribution in [2.75, 3.05) is 19.8 Å². The van der Waals surface area contributed by atoms with Crippen molar-refractivity contribution < 1.29 is 27.4 Å². The van der Waals surface area contributed by atoms with E-state index in [1.165, 1.54) is 6.07 Å². The smallest absolute Gasteiger partial charge is 0.416 e. The molecule has 1 aromatic heterocycles. The molecular formula is C18H19F3N2O3. The van der Waals surface area contributed by atoms with Crippen LogP contribution in [0.2, 0.25) is 0 Å². The summed E-state index contributed by atoms with van der Waals surface area (Å²) in [6.07, 6.45) is -0.536. The molecule has 0 aliphatic carbocycles. The Morgan fingerprint density at radius 3 is 2.69 bits per heavy atom. The molecule has 1 aliphatic heterocycles. The van der Waals surface area contributed by atoms with E-state index in [1.807, 2.05) is 0 Å². The summed E-state index contributed by atoms with van der Waals surface area (Å²) in [5.74, 6) is -0.521. The van der Waals surface area contributed by atoms with Gasteiger partial charge in [-0.3, -0.25) is 9.48 Å². The van der Waals surface area contributed by atoms with E-state index in [-0.39, 0.29) is 19.4 Å². The second-order valence-corrected chi connectivity index (χ2v) is 6.18. The molecule has 1 aromatic carbocycles. The van der Waals surface area contributed by atoms with E-state index in [2.05, 4.69) is 5.10 Å². The van der Waals surface area contributed by atoms with Crippen LogP contribution >= 0.6 is 0 Å². The van der Waals surface area contributed by atoms with Crippen LogP contribution < -0.4 is 0 Å². The first kappa shape index (κ1) is 18.4. The number of alkyl halides is 3. The first-order chi connectivity index (χ1) is 12.4. The number of rotatable bonds is 5. The van der Waals surface area contributed by atoms with E-state index < -0.39 is 23.1 Å². The lowest BCUT2D eigenvalue weighted by Gasteiger charge is -2.35. The molecule has 0 N–H and O–H groups in total. The molecule has 140 valence electrons. The molecule has 2 heterocycles. The van der Waals surface area contributed by atoms with Crippen LogP contribution in [0.15, 0.2) is 42.7 Å². The Morgan fingerprint density at radius 1 is 1.27 bits per heavy atom. The summed E-state index contributed by atoms with van der Waals surface area (Å²) in [4.78, 5) is 12.8. The predicted octanol–water partition coefficient (Wildman–Crippen LogP) is 3.19. The van der Waals surface area contributed by atoms with Gasteiger partial charge in [-0.25, -0.2) is 0 Å². The molecule has 1 fully saturated rings. The van der Waals surface area contributed by atoms with E-state index in [4.69, 9.17) is 9.47 Å². The summed E-state index contributed by atoms with van der Waals surface area (Å²) in [7, 11) is 0. The average Bonchev–Trinajstić information content (AvgIpc) is 3.15. The van der Waals surface area contributed by atoms with Crippen LogP contribution in [0.4, 0.5) is 13.2 Å². The van der Waals surface area contributed by atoms with Gasteiger partial charge in [-0.1, -0.05) is 18.2 Å². The van der Waals surface area contributed by atoms with Crippen molar-refractivity contribution in [2.45, 2.75) is 31.0 Å². The highest BCUT2D eigenvalue weighted by molar-refractivity contribution is 5.83. The van der Waals surface area contributed by atoms with E-state index in [0.29, 0.717) is 25.3 Å². The van der Waals surface area contributed by atoms with Gasteiger partial charge in [-0.05, 0) is 30.5 Å². The lowest BCUT2D eigenvalue weighted by atomic mass is 9.74. The van der Waals surface area contributed by atoms with Crippen LogP contribution in [-0.2, 0) is 32.4 Å². The Bertz CT molecular complexity index is 738. The second-order valence-electron chi connectivity index (χ2n) is 6.18. The number of benzene rings is 1. The average molecular weight is 368 g/mol. The Morgan fingerprint density at radius 2 is 2.04 bits per heavy atom. The van der Waals surface area contributed by atoms with Gasteiger partial charge < -0.3 is 9.47 Å². The zero-order valence-corrected chi connectivity index (χ0v) is 14.0. The van der Waals surface area contributed by atoms with Crippen molar-refractivity contribution in [1.29, 1.82) is 0 Å². The van der Waals surface area contributed by atoms with Crippen molar-refractivity contribution in [3.05, 3.63) is 53.9 Å². The van der Waals surface area contributed by atoms with Gasteiger partial charge in [-0.15, -0.1) is 0 Å². The molecule has 5 nitrogen and oxygen atoms in total. The number of halogens is 3. The summed E-state index contributed by atoms with van der Waals surface area (Å²) < 4.78 is 51.5. The number of nitrogens with zero attached hydrogens (tertiary/aromatic N) is 2. The summed E-state index contributed by atoms with van der Waals surface area (Å²) >= 11 is 0. The molecule has 0 atom stereocenters. The molecule has 1 saturated heterocycles. The van der Waals surface area contributed by atoms with Gasteiger partial charge in [0, 0.05) is 25.6 Å². The minimum Gasteiger partial charge on any atom is -0.463 e. The van der Waals surface area contributed by atoms with E-state index in [1.54, 1.807) is 29.2 Å².